The average molecular weight is 587 g/mol. The Bertz CT molecular complexity index is 2140. The lowest BCUT2D eigenvalue weighted by Crippen LogP contribution is -2.12. The van der Waals surface area contributed by atoms with Gasteiger partial charge in [0.05, 0.1) is 15.1 Å². The van der Waals surface area contributed by atoms with Crippen molar-refractivity contribution in [2.24, 2.45) is 0 Å². The van der Waals surface area contributed by atoms with Crippen molar-refractivity contribution in [3.05, 3.63) is 122 Å². The number of thiophene rings is 1. The number of nitrogens with one attached hydrogen (secondary N) is 2. The van der Waals surface area contributed by atoms with Crippen LogP contribution in [0.1, 0.15) is 0 Å². The van der Waals surface area contributed by atoms with Gasteiger partial charge >= 0.3 is 0 Å². The first kappa shape index (κ1) is 25.8. The fourth-order valence-corrected chi connectivity index (χ4v) is 6.89. The Morgan fingerprint density at radius 2 is 1.29 bits per heavy atom. The van der Waals surface area contributed by atoms with Crippen molar-refractivity contribution in [3.63, 3.8) is 0 Å². The highest BCUT2D eigenvalue weighted by atomic mass is 32.2. The average Bonchev–Trinajstić information content (AvgIpc) is 3.42. The number of sulfonamides is 1. The molecule has 3 heterocycles. The third-order valence-corrected chi connectivity index (χ3v) is 9.21. The number of benzene rings is 4. The number of aromatic nitrogens is 4. The van der Waals surface area contributed by atoms with E-state index >= 15 is 0 Å². The summed E-state index contributed by atoms with van der Waals surface area (Å²) in [7, 11) is -3.73. The van der Waals surface area contributed by atoms with Gasteiger partial charge in [-0.2, -0.15) is 0 Å². The highest BCUT2D eigenvalue weighted by molar-refractivity contribution is 7.92. The lowest BCUT2D eigenvalue weighted by atomic mass is 9.97. The SMILES string of the molecule is O=S(=O)(Nc1ccccc1)c1ccc(Nc2ncnc3c2sc2nnc(-c4ccccc4)c(-c4ccccc4)c23)cc1. The van der Waals surface area contributed by atoms with Gasteiger partial charge in [-0.3, -0.25) is 4.72 Å². The summed E-state index contributed by atoms with van der Waals surface area (Å²) < 4.78 is 29.1. The number of hydrogen-bond donors (Lipinski definition) is 2. The van der Waals surface area contributed by atoms with Crippen LogP contribution in [-0.4, -0.2) is 28.6 Å². The van der Waals surface area contributed by atoms with Crippen LogP contribution in [-0.2, 0) is 10.0 Å². The fraction of sp³-hybridized carbons (Fsp3) is 0. The van der Waals surface area contributed by atoms with Crippen molar-refractivity contribution in [3.8, 4) is 22.4 Å². The van der Waals surface area contributed by atoms with Gasteiger partial charge in [0.15, 0.2) is 5.82 Å². The van der Waals surface area contributed by atoms with Crippen molar-refractivity contribution in [1.29, 1.82) is 0 Å². The number of rotatable bonds is 7. The zero-order valence-corrected chi connectivity index (χ0v) is 23.6. The van der Waals surface area contributed by atoms with Crippen molar-refractivity contribution >= 4 is 59.0 Å². The molecule has 0 bridgehead atoms. The van der Waals surface area contributed by atoms with Crippen LogP contribution >= 0.6 is 11.3 Å². The molecule has 0 aliphatic heterocycles. The van der Waals surface area contributed by atoms with E-state index in [0.717, 1.165) is 42.8 Å². The zero-order chi connectivity index (χ0) is 28.5. The zero-order valence-electron chi connectivity index (χ0n) is 22.0. The van der Waals surface area contributed by atoms with Crippen LogP contribution < -0.4 is 10.0 Å². The smallest absolute Gasteiger partial charge is 0.261 e. The molecule has 8 nitrogen and oxygen atoms in total. The van der Waals surface area contributed by atoms with Crippen molar-refractivity contribution in [1.82, 2.24) is 20.2 Å². The highest BCUT2D eigenvalue weighted by Crippen LogP contribution is 2.43. The quantitative estimate of drug-likeness (QED) is 0.199. The van der Waals surface area contributed by atoms with Crippen molar-refractivity contribution in [2.75, 3.05) is 10.0 Å². The van der Waals surface area contributed by atoms with Gasteiger partial charge in [-0.05, 0) is 42.0 Å². The molecular weight excluding hydrogens is 565 g/mol. The molecule has 0 saturated carbocycles. The van der Waals surface area contributed by atoms with Crippen LogP contribution in [0.15, 0.2) is 126 Å². The number of para-hydroxylation sites is 1. The molecule has 10 heteroatoms. The van der Waals surface area contributed by atoms with Crippen LogP contribution in [0.3, 0.4) is 0 Å². The summed E-state index contributed by atoms with van der Waals surface area (Å²) in [5, 5.41) is 13.5. The van der Waals surface area contributed by atoms with Gasteiger partial charge in [-0.15, -0.1) is 21.5 Å². The molecular formula is C32H22N6O2S2. The number of hydrogen-bond acceptors (Lipinski definition) is 8. The first-order valence-corrected chi connectivity index (χ1v) is 15.4. The Kier molecular flexibility index (Phi) is 6.54. The van der Waals surface area contributed by atoms with Gasteiger partial charge in [0, 0.05) is 27.9 Å². The molecule has 0 aliphatic carbocycles. The van der Waals surface area contributed by atoms with E-state index in [9.17, 15) is 8.42 Å². The molecule has 3 aromatic heterocycles. The predicted octanol–water partition coefficient (Wildman–Crippen LogP) is 7.51. The van der Waals surface area contributed by atoms with Crippen LogP contribution in [0, 0.1) is 0 Å². The first-order chi connectivity index (χ1) is 20.6. The Morgan fingerprint density at radius 1 is 0.643 bits per heavy atom. The van der Waals surface area contributed by atoms with Crippen LogP contribution in [0.5, 0.6) is 0 Å². The van der Waals surface area contributed by atoms with Crippen LogP contribution in [0.25, 0.3) is 42.8 Å². The summed E-state index contributed by atoms with van der Waals surface area (Å²) in [5.74, 6) is 0.598. The second-order valence-electron chi connectivity index (χ2n) is 9.46. The third kappa shape index (κ3) is 4.83. The molecule has 0 saturated heterocycles. The standard InChI is InChI=1S/C32H22N6O2S2/c39-42(40,38-24-14-8-3-9-15-24)25-18-16-23(17-19-25)35-31-30-29(33-20-34-31)27-26(21-10-4-1-5-11-21)28(36-37-32(27)41-30)22-12-6-2-7-13-22/h1-20,38H,(H,33,34,35). The molecule has 0 aliphatic rings. The summed E-state index contributed by atoms with van der Waals surface area (Å²) in [4.78, 5) is 10.1. The van der Waals surface area contributed by atoms with Crippen molar-refractivity contribution in [2.45, 2.75) is 4.90 Å². The van der Waals surface area contributed by atoms with E-state index in [1.807, 2.05) is 54.6 Å². The third-order valence-electron chi connectivity index (χ3n) is 6.74. The second-order valence-corrected chi connectivity index (χ2v) is 12.1. The summed E-state index contributed by atoms with van der Waals surface area (Å²) >= 11 is 1.46. The molecule has 0 fully saturated rings. The maximum Gasteiger partial charge on any atom is 0.261 e. The van der Waals surface area contributed by atoms with E-state index in [1.54, 1.807) is 48.5 Å². The normalized spacial score (nSPS) is 11.5. The number of nitrogens with zero attached hydrogens (tertiary/aromatic N) is 4. The molecule has 0 unspecified atom stereocenters. The number of anilines is 3. The van der Waals surface area contributed by atoms with E-state index in [2.05, 4.69) is 42.3 Å². The summed E-state index contributed by atoms with van der Waals surface area (Å²) in [5.41, 5.74) is 5.68. The molecule has 2 N–H and O–H groups in total. The lowest BCUT2D eigenvalue weighted by molar-refractivity contribution is 0.601. The van der Waals surface area contributed by atoms with E-state index < -0.39 is 10.0 Å². The van der Waals surface area contributed by atoms with Gasteiger partial charge in [0.25, 0.3) is 10.0 Å². The van der Waals surface area contributed by atoms with E-state index in [1.165, 1.54) is 17.7 Å². The summed E-state index contributed by atoms with van der Waals surface area (Å²) in [6.07, 6.45) is 1.52. The van der Waals surface area contributed by atoms with Gasteiger partial charge < -0.3 is 5.32 Å². The Morgan fingerprint density at radius 3 is 1.98 bits per heavy atom. The minimum absolute atomic E-state index is 0.155. The topological polar surface area (TPSA) is 110 Å². The molecule has 0 atom stereocenters. The molecule has 42 heavy (non-hydrogen) atoms. The van der Waals surface area contributed by atoms with Crippen LogP contribution in [0.4, 0.5) is 17.2 Å². The Balaban J connectivity index is 1.29. The molecule has 4 aromatic carbocycles. The number of fused-ring (bicyclic) bond motifs is 3. The molecule has 7 aromatic rings. The molecule has 0 amide bonds. The largest absolute Gasteiger partial charge is 0.339 e. The lowest BCUT2D eigenvalue weighted by Gasteiger charge is -2.11. The fourth-order valence-electron chi connectivity index (χ4n) is 4.80. The summed E-state index contributed by atoms with van der Waals surface area (Å²) in [6.45, 7) is 0. The van der Waals surface area contributed by atoms with Gasteiger partial charge in [0.2, 0.25) is 0 Å². The van der Waals surface area contributed by atoms with Gasteiger partial charge in [-0.25, -0.2) is 18.4 Å². The van der Waals surface area contributed by atoms with E-state index in [0.29, 0.717) is 17.2 Å². The molecule has 7 rings (SSSR count). The summed E-state index contributed by atoms with van der Waals surface area (Å²) in [6, 6.07) is 35.5. The predicted molar refractivity (Wildman–Crippen MR) is 168 cm³/mol. The molecule has 0 spiro atoms. The van der Waals surface area contributed by atoms with E-state index in [4.69, 9.17) is 0 Å². The second kappa shape index (κ2) is 10.7. The van der Waals surface area contributed by atoms with Crippen molar-refractivity contribution < 1.29 is 8.42 Å². The van der Waals surface area contributed by atoms with Crippen LogP contribution in [0.2, 0.25) is 0 Å². The minimum Gasteiger partial charge on any atom is -0.339 e. The Labute approximate surface area is 245 Å². The molecule has 204 valence electrons. The Hall–Kier alpha value is -5.19. The maximum atomic E-state index is 12.9. The first-order valence-electron chi connectivity index (χ1n) is 13.1. The monoisotopic (exact) mass is 586 g/mol. The van der Waals surface area contributed by atoms with Gasteiger partial charge in [0.1, 0.15) is 16.9 Å². The maximum absolute atomic E-state index is 12.9. The molecule has 0 radical (unpaired) electrons. The van der Waals surface area contributed by atoms with E-state index in [-0.39, 0.29) is 4.90 Å². The van der Waals surface area contributed by atoms with Gasteiger partial charge in [-0.1, -0.05) is 78.9 Å². The highest BCUT2D eigenvalue weighted by Gasteiger charge is 2.21. The minimum atomic E-state index is -3.73.